The Morgan fingerprint density at radius 2 is 1.75 bits per heavy atom. The number of ether oxygens (including phenoxy) is 1. The van der Waals surface area contributed by atoms with Crippen LogP contribution in [-0.4, -0.2) is 69.4 Å². The Bertz CT molecular complexity index is 1210. The number of morpholine rings is 1. The molecule has 1 aliphatic heterocycles. The summed E-state index contributed by atoms with van der Waals surface area (Å²) in [7, 11) is 0. The molecule has 1 aliphatic rings. The first kappa shape index (κ1) is 25.4. The molecule has 0 spiro atoms. The summed E-state index contributed by atoms with van der Waals surface area (Å²) in [6.45, 7) is 4.95. The van der Waals surface area contributed by atoms with E-state index in [-0.39, 0.29) is 30.0 Å². The summed E-state index contributed by atoms with van der Waals surface area (Å²) in [6, 6.07) is 15.9. The Balaban J connectivity index is 1.31. The maximum absolute atomic E-state index is 12.7. The molecule has 0 radical (unpaired) electrons. The lowest BCUT2D eigenvalue weighted by molar-refractivity contribution is -0.113. The van der Waals surface area contributed by atoms with Crippen LogP contribution in [0, 0.1) is 0 Å². The van der Waals surface area contributed by atoms with Gasteiger partial charge in [0.15, 0.2) is 11.0 Å². The number of benzene rings is 2. The minimum absolute atomic E-state index is 0.0771. The fourth-order valence-corrected chi connectivity index (χ4v) is 4.55. The van der Waals surface area contributed by atoms with E-state index < -0.39 is 0 Å². The fraction of sp³-hybridized carbons (Fsp3) is 0.320. The number of nitrogens with one attached hydrogen (secondary N) is 2. The van der Waals surface area contributed by atoms with E-state index in [1.165, 1.54) is 11.8 Å². The molecule has 36 heavy (non-hydrogen) atoms. The van der Waals surface area contributed by atoms with Crippen molar-refractivity contribution >= 4 is 35.2 Å². The van der Waals surface area contributed by atoms with Crippen molar-refractivity contribution in [2.24, 2.45) is 0 Å². The van der Waals surface area contributed by atoms with E-state index in [0.29, 0.717) is 60.6 Å². The lowest BCUT2D eigenvalue weighted by atomic mass is 10.1. The highest BCUT2D eigenvalue weighted by molar-refractivity contribution is 7.99. The molecule has 4 rings (SSSR count). The Hall–Kier alpha value is -3.70. The first-order valence-electron chi connectivity index (χ1n) is 11.7. The van der Waals surface area contributed by atoms with E-state index >= 15 is 0 Å². The van der Waals surface area contributed by atoms with Gasteiger partial charge in [0.1, 0.15) is 0 Å². The van der Waals surface area contributed by atoms with Gasteiger partial charge < -0.3 is 24.8 Å². The van der Waals surface area contributed by atoms with E-state index in [0.717, 1.165) is 0 Å². The average molecular weight is 509 g/mol. The molecular weight excluding hydrogens is 480 g/mol. The lowest BCUT2D eigenvalue weighted by Crippen LogP contribution is -2.40. The molecule has 2 aromatic carbocycles. The highest BCUT2D eigenvalue weighted by Gasteiger charge is 2.19. The van der Waals surface area contributed by atoms with Crippen LogP contribution in [0.1, 0.15) is 33.5 Å². The van der Waals surface area contributed by atoms with E-state index in [1.807, 2.05) is 29.7 Å². The smallest absolute Gasteiger partial charge is 0.254 e. The predicted molar refractivity (Wildman–Crippen MR) is 136 cm³/mol. The van der Waals surface area contributed by atoms with E-state index in [4.69, 9.17) is 4.74 Å². The second-order valence-electron chi connectivity index (χ2n) is 8.01. The number of rotatable bonds is 9. The molecule has 11 heteroatoms. The lowest BCUT2D eigenvalue weighted by Gasteiger charge is -2.27. The maximum Gasteiger partial charge on any atom is 0.254 e. The summed E-state index contributed by atoms with van der Waals surface area (Å²) in [5.74, 6) is 0.242. The van der Waals surface area contributed by atoms with Crippen molar-refractivity contribution in [1.82, 2.24) is 25.0 Å². The topological polar surface area (TPSA) is 118 Å². The summed E-state index contributed by atoms with van der Waals surface area (Å²) in [4.78, 5) is 39.4. The summed E-state index contributed by atoms with van der Waals surface area (Å²) >= 11 is 1.26. The number of hydrogen-bond donors (Lipinski definition) is 2. The number of thioether (sulfide) groups is 1. The van der Waals surface area contributed by atoms with Gasteiger partial charge in [-0.1, -0.05) is 36.0 Å². The largest absolute Gasteiger partial charge is 0.378 e. The van der Waals surface area contributed by atoms with Crippen molar-refractivity contribution in [2.75, 3.05) is 37.4 Å². The summed E-state index contributed by atoms with van der Waals surface area (Å²) in [5, 5.41) is 14.7. The maximum atomic E-state index is 12.7. The molecule has 1 aromatic heterocycles. The van der Waals surface area contributed by atoms with Gasteiger partial charge in [-0.15, -0.1) is 10.2 Å². The monoisotopic (exact) mass is 508 g/mol. The van der Waals surface area contributed by atoms with Crippen LogP contribution in [0.2, 0.25) is 0 Å². The molecule has 0 unspecified atom stereocenters. The Kier molecular flexibility index (Phi) is 8.69. The summed E-state index contributed by atoms with van der Waals surface area (Å²) < 4.78 is 7.17. The first-order valence-corrected chi connectivity index (χ1v) is 12.7. The number of carbonyl (C=O) groups is 3. The van der Waals surface area contributed by atoms with Crippen molar-refractivity contribution < 1.29 is 19.1 Å². The average Bonchev–Trinajstić information content (AvgIpc) is 3.33. The quantitative estimate of drug-likeness (QED) is 0.426. The normalized spacial score (nSPS) is 13.3. The molecule has 3 amide bonds. The zero-order valence-electron chi connectivity index (χ0n) is 20.0. The molecule has 0 bridgehead atoms. The molecule has 2 N–H and O–H groups in total. The minimum Gasteiger partial charge on any atom is -0.378 e. The van der Waals surface area contributed by atoms with Gasteiger partial charge in [0, 0.05) is 36.4 Å². The molecule has 0 atom stereocenters. The number of aromatic nitrogens is 3. The number of carbonyl (C=O) groups excluding carboxylic acids is 3. The first-order chi connectivity index (χ1) is 17.5. The van der Waals surface area contributed by atoms with Gasteiger partial charge in [-0.2, -0.15) is 0 Å². The predicted octanol–water partition coefficient (Wildman–Crippen LogP) is 2.43. The van der Waals surface area contributed by atoms with Crippen molar-refractivity contribution in [2.45, 2.75) is 25.2 Å². The summed E-state index contributed by atoms with van der Waals surface area (Å²) in [5.41, 5.74) is 1.65. The van der Waals surface area contributed by atoms with Crippen LogP contribution in [0.25, 0.3) is 0 Å². The Morgan fingerprint density at radius 1 is 1.00 bits per heavy atom. The number of nitrogens with zero attached hydrogens (tertiary/aromatic N) is 4. The van der Waals surface area contributed by atoms with Gasteiger partial charge >= 0.3 is 0 Å². The fourth-order valence-electron chi connectivity index (χ4n) is 3.73. The van der Waals surface area contributed by atoms with Gasteiger partial charge in [-0.05, 0) is 37.3 Å². The second kappa shape index (κ2) is 12.3. The zero-order valence-corrected chi connectivity index (χ0v) is 20.8. The van der Waals surface area contributed by atoms with Crippen LogP contribution < -0.4 is 10.6 Å². The van der Waals surface area contributed by atoms with E-state index in [9.17, 15) is 14.4 Å². The molecule has 2 heterocycles. The SMILES string of the molecule is CCn1c(CNC(=O)c2ccccc2)nnc1SCC(=O)Nc1cccc(C(=O)N2CCOCC2)c1. The minimum atomic E-state index is -0.222. The molecule has 188 valence electrons. The van der Waals surface area contributed by atoms with Gasteiger partial charge in [0.2, 0.25) is 5.91 Å². The standard InChI is InChI=1S/C25H28N6O4S/c1-2-31-21(16-26-23(33)18-7-4-3-5-8-18)28-29-25(31)36-17-22(32)27-20-10-6-9-19(15-20)24(34)30-11-13-35-14-12-30/h3-10,15H,2,11-14,16-17H2,1H3,(H,26,33)(H,27,32). The molecule has 0 aliphatic carbocycles. The van der Waals surface area contributed by atoms with Gasteiger partial charge in [-0.3, -0.25) is 14.4 Å². The molecule has 1 fully saturated rings. The molecular formula is C25H28N6O4S. The number of amides is 3. The van der Waals surface area contributed by atoms with Crippen molar-refractivity contribution in [3.8, 4) is 0 Å². The van der Waals surface area contributed by atoms with Crippen LogP contribution in [0.3, 0.4) is 0 Å². The van der Waals surface area contributed by atoms with Crippen molar-refractivity contribution in [3.63, 3.8) is 0 Å². The van der Waals surface area contributed by atoms with Crippen LogP contribution >= 0.6 is 11.8 Å². The molecule has 3 aromatic rings. The Morgan fingerprint density at radius 3 is 2.50 bits per heavy atom. The van der Waals surface area contributed by atoms with Gasteiger partial charge in [0.05, 0.1) is 25.5 Å². The molecule has 1 saturated heterocycles. The third-order valence-electron chi connectivity index (χ3n) is 5.58. The van der Waals surface area contributed by atoms with Gasteiger partial charge in [0.25, 0.3) is 11.8 Å². The van der Waals surface area contributed by atoms with Crippen LogP contribution in [0.4, 0.5) is 5.69 Å². The molecule has 0 saturated carbocycles. The third-order valence-corrected chi connectivity index (χ3v) is 6.54. The zero-order chi connectivity index (χ0) is 25.3. The van der Waals surface area contributed by atoms with Crippen molar-refractivity contribution in [1.29, 1.82) is 0 Å². The second-order valence-corrected chi connectivity index (χ2v) is 8.96. The van der Waals surface area contributed by atoms with Crippen molar-refractivity contribution in [3.05, 3.63) is 71.5 Å². The number of hydrogen-bond acceptors (Lipinski definition) is 7. The third kappa shape index (κ3) is 6.49. The van der Waals surface area contributed by atoms with E-state index in [1.54, 1.807) is 41.3 Å². The van der Waals surface area contributed by atoms with Gasteiger partial charge in [-0.25, -0.2) is 0 Å². The Labute approximate surface area is 213 Å². The van der Waals surface area contributed by atoms with Crippen LogP contribution in [-0.2, 0) is 22.6 Å². The highest BCUT2D eigenvalue weighted by atomic mass is 32.2. The van der Waals surface area contributed by atoms with Crippen LogP contribution in [0.15, 0.2) is 59.8 Å². The van der Waals surface area contributed by atoms with Crippen LogP contribution in [0.5, 0.6) is 0 Å². The molecule has 10 nitrogen and oxygen atoms in total. The number of anilines is 1. The highest BCUT2D eigenvalue weighted by Crippen LogP contribution is 2.19. The summed E-state index contributed by atoms with van der Waals surface area (Å²) in [6.07, 6.45) is 0. The van der Waals surface area contributed by atoms with E-state index in [2.05, 4.69) is 20.8 Å².